The number of nitrogens with zero attached hydrogens (tertiary/aromatic N) is 1. The van der Waals surface area contributed by atoms with Crippen LogP contribution in [0.5, 0.6) is 23.1 Å². The van der Waals surface area contributed by atoms with Gasteiger partial charge in [0.2, 0.25) is 5.88 Å². The number of hydrogen-bond donors (Lipinski definition) is 2. The Labute approximate surface area is 143 Å². The van der Waals surface area contributed by atoms with Crippen molar-refractivity contribution in [2.75, 3.05) is 7.11 Å². The van der Waals surface area contributed by atoms with Crippen LogP contribution in [0.1, 0.15) is 11.1 Å². The lowest BCUT2D eigenvalue weighted by atomic mass is 10.0. The SMILES string of the molecule is COc1ccc(-c2nc(=S)c3c([nH]2)Oc2cc(O)ccc2C3)cc1. The Morgan fingerprint density at radius 3 is 2.75 bits per heavy atom. The van der Waals surface area contributed by atoms with Gasteiger partial charge in [0.05, 0.1) is 12.7 Å². The molecule has 1 aliphatic rings. The molecule has 3 aromatic rings. The highest BCUT2D eigenvalue weighted by Gasteiger charge is 2.21. The van der Waals surface area contributed by atoms with Crippen molar-refractivity contribution in [3.05, 3.63) is 58.2 Å². The van der Waals surface area contributed by atoms with Crippen LogP contribution >= 0.6 is 12.2 Å². The highest BCUT2D eigenvalue weighted by molar-refractivity contribution is 7.71. The summed E-state index contributed by atoms with van der Waals surface area (Å²) >= 11 is 5.44. The van der Waals surface area contributed by atoms with Crippen LogP contribution in [0.25, 0.3) is 11.4 Å². The van der Waals surface area contributed by atoms with Gasteiger partial charge in [0.25, 0.3) is 0 Å². The number of phenols is 1. The number of H-pyrrole nitrogens is 1. The topological polar surface area (TPSA) is 67.4 Å². The van der Waals surface area contributed by atoms with Gasteiger partial charge < -0.3 is 19.6 Å². The molecule has 1 aliphatic heterocycles. The number of rotatable bonds is 2. The second-order valence-electron chi connectivity index (χ2n) is 5.50. The number of hydrogen-bond acceptors (Lipinski definition) is 5. The molecule has 0 fully saturated rings. The molecule has 0 bridgehead atoms. The first-order valence-corrected chi connectivity index (χ1v) is 7.82. The third-order valence-corrected chi connectivity index (χ3v) is 4.31. The third kappa shape index (κ3) is 2.51. The van der Waals surface area contributed by atoms with Gasteiger partial charge >= 0.3 is 0 Å². The summed E-state index contributed by atoms with van der Waals surface area (Å²) in [7, 11) is 1.63. The fourth-order valence-corrected chi connectivity index (χ4v) is 2.95. The highest BCUT2D eigenvalue weighted by Crippen LogP contribution is 2.38. The maximum Gasteiger partial charge on any atom is 0.205 e. The van der Waals surface area contributed by atoms with Gasteiger partial charge in [-0.2, -0.15) is 0 Å². The van der Waals surface area contributed by atoms with Crippen LogP contribution in [0.15, 0.2) is 42.5 Å². The molecule has 0 atom stereocenters. The van der Waals surface area contributed by atoms with E-state index in [9.17, 15) is 5.11 Å². The van der Waals surface area contributed by atoms with E-state index in [-0.39, 0.29) is 5.75 Å². The van der Waals surface area contributed by atoms with Crippen LogP contribution in [0.3, 0.4) is 0 Å². The predicted molar refractivity (Wildman–Crippen MR) is 92.4 cm³/mol. The van der Waals surface area contributed by atoms with Gasteiger partial charge in [-0.15, -0.1) is 0 Å². The number of ether oxygens (including phenoxy) is 2. The van der Waals surface area contributed by atoms with Gasteiger partial charge in [-0.3, -0.25) is 0 Å². The lowest BCUT2D eigenvalue weighted by molar-refractivity contribution is 0.415. The van der Waals surface area contributed by atoms with Gasteiger partial charge in [-0.1, -0.05) is 18.3 Å². The summed E-state index contributed by atoms with van der Waals surface area (Å²) in [6, 6.07) is 12.6. The molecular formula is C18H14N2O3S. The number of aromatic amines is 1. The summed E-state index contributed by atoms with van der Waals surface area (Å²) in [5, 5.41) is 9.64. The second-order valence-corrected chi connectivity index (χ2v) is 5.88. The van der Waals surface area contributed by atoms with Crippen molar-refractivity contribution in [2.24, 2.45) is 0 Å². The van der Waals surface area contributed by atoms with Gasteiger partial charge in [0.15, 0.2) is 0 Å². The van der Waals surface area contributed by atoms with Crippen molar-refractivity contribution in [3.63, 3.8) is 0 Å². The number of phenolic OH excluding ortho intramolecular Hbond substituents is 1. The molecule has 6 heteroatoms. The molecule has 2 heterocycles. The fourth-order valence-electron chi connectivity index (χ4n) is 2.69. The normalized spacial score (nSPS) is 12.0. The molecule has 2 N–H and O–H groups in total. The first-order valence-electron chi connectivity index (χ1n) is 7.41. The van der Waals surface area contributed by atoms with Crippen LogP contribution < -0.4 is 9.47 Å². The standard InChI is InChI=1S/C18H14N2O3S/c1-22-13-6-3-10(4-7-13)16-19-17-14(18(24)20-16)8-11-2-5-12(21)9-15(11)23-17/h2-7,9,21H,8H2,1H3,(H,19,20,24). The van der Waals surface area contributed by atoms with Crippen molar-refractivity contribution >= 4 is 12.2 Å². The summed E-state index contributed by atoms with van der Waals surface area (Å²) < 4.78 is 11.6. The molecule has 1 aromatic heterocycles. The molecule has 0 saturated heterocycles. The lowest BCUT2D eigenvalue weighted by Crippen LogP contribution is -2.07. The van der Waals surface area contributed by atoms with E-state index in [0.717, 1.165) is 22.4 Å². The van der Waals surface area contributed by atoms with Crippen molar-refractivity contribution in [2.45, 2.75) is 6.42 Å². The van der Waals surface area contributed by atoms with E-state index >= 15 is 0 Å². The smallest absolute Gasteiger partial charge is 0.205 e. The summed E-state index contributed by atoms with van der Waals surface area (Å²) in [4.78, 5) is 7.69. The zero-order chi connectivity index (χ0) is 16.7. The minimum absolute atomic E-state index is 0.167. The number of benzene rings is 2. The van der Waals surface area contributed by atoms with Gasteiger partial charge in [-0.05, 0) is 35.9 Å². The average molecular weight is 338 g/mol. The molecule has 0 saturated carbocycles. The quantitative estimate of drug-likeness (QED) is 0.536. The zero-order valence-electron chi connectivity index (χ0n) is 12.9. The molecule has 5 nitrogen and oxygen atoms in total. The summed E-state index contributed by atoms with van der Waals surface area (Å²) in [6.07, 6.45) is 0.621. The van der Waals surface area contributed by atoms with E-state index in [1.165, 1.54) is 0 Å². The van der Waals surface area contributed by atoms with E-state index in [1.807, 2.05) is 30.3 Å². The first kappa shape index (κ1) is 14.7. The Morgan fingerprint density at radius 2 is 2.00 bits per heavy atom. The van der Waals surface area contributed by atoms with Gasteiger partial charge in [-0.25, -0.2) is 4.98 Å². The predicted octanol–water partition coefficient (Wildman–Crippen LogP) is 4.22. The minimum atomic E-state index is 0.167. The van der Waals surface area contributed by atoms with Crippen molar-refractivity contribution in [3.8, 4) is 34.5 Å². The zero-order valence-corrected chi connectivity index (χ0v) is 13.7. The van der Waals surface area contributed by atoms with Gasteiger partial charge in [0.1, 0.15) is 27.7 Å². The number of methoxy groups -OCH3 is 1. The van der Waals surface area contributed by atoms with E-state index < -0.39 is 0 Å². The monoisotopic (exact) mass is 338 g/mol. The fraction of sp³-hybridized carbons (Fsp3) is 0.111. The molecule has 0 unspecified atom stereocenters. The van der Waals surface area contributed by atoms with Crippen molar-refractivity contribution in [1.29, 1.82) is 0 Å². The number of aromatic hydroxyl groups is 1. The first-order chi connectivity index (χ1) is 11.6. The Balaban J connectivity index is 1.77. The summed E-state index contributed by atoms with van der Waals surface area (Å²) in [5.74, 6) is 2.76. The summed E-state index contributed by atoms with van der Waals surface area (Å²) in [6.45, 7) is 0. The Morgan fingerprint density at radius 1 is 1.21 bits per heavy atom. The molecule has 0 radical (unpaired) electrons. The van der Waals surface area contributed by atoms with Crippen molar-refractivity contribution < 1.29 is 14.6 Å². The minimum Gasteiger partial charge on any atom is -0.508 e. The van der Waals surface area contributed by atoms with Crippen LogP contribution in [0, 0.1) is 4.64 Å². The molecule has 0 aliphatic carbocycles. The maximum absolute atomic E-state index is 9.64. The highest BCUT2D eigenvalue weighted by atomic mass is 32.1. The molecule has 0 amide bonds. The number of aromatic nitrogens is 2. The lowest BCUT2D eigenvalue weighted by Gasteiger charge is -2.20. The molecule has 0 spiro atoms. The van der Waals surface area contributed by atoms with Gasteiger partial charge in [0, 0.05) is 18.1 Å². The average Bonchev–Trinajstić information content (AvgIpc) is 2.60. The van der Waals surface area contributed by atoms with Crippen LogP contribution in [0.2, 0.25) is 0 Å². The second kappa shape index (κ2) is 5.65. The number of fused-ring (bicyclic) bond motifs is 2. The van der Waals surface area contributed by atoms with E-state index in [1.54, 1.807) is 19.2 Å². The van der Waals surface area contributed by atoms with Crippen LogP contribution in [-0.2, 0) is 6.42 Å². The van der Waals surface area contributed by atoms with Crippen LogP contribution in [0.4, 0.5) is 0 Å². The van der Waals surface area contributed by atoms with Crippen molar-refractivity contribution in [1.82, 2.24) is 9.97 Å². The molecular weight excluding hydrogens is 324 g/mol. The Kier molecular flexibility index (Phi) is 3.46. The van der Waals surface area contributed by atoms with E-state index in [4.69, 9.17) is 21.7 Å². The molecule has 120 valence electrons. The Hall–Kier alpha value is -2.86. The van der Waals surface area contributed by atoms with Crippen LogP contribution in [-0.4, -0.2) is 22.2 Å². The van der Waals surface area contributed by atoms with E-state index in [0.29, 0.717) is 28.5 Å². The molecule has 2 aromatic carbocycles. The number of nitrogens with one attached hydrogen (secondary N) is 1. The summed E-state index contributed by atoms with van der Waals surface area (Å²) in [5.41, 5.74) is 2.70. The molecule has 4 rings (SSSR count). The Bertz CT molecular complexity index is 981. The maximum atomic E-state index is 9.64. The molecule has 24 heavy (non-hydrogen) atoms. The largest absolute Gasteiger partial charge is 0.508 e. The van der Waals surface area contributed by atoms with E-state index in [2.05, 4.69) is 9.97 Å². The third-order valence-electron chi connectivity index (χ3n) is 3.97.